The minimum atomic E-state index is 0.0895. The molecule has 2 saturated heterocycles. The second kappa shape index (κ2) is 11.0. The third-order valence-electron chi connectivity index (χ3n) is 7.29. The first-order valence-electron chi connectivity index (χ1n) is 12.9. The molecule has 2 fully saturated rings. The van der Waals surface area contributed by atoms with Crippen LogP contribution in [0.5, 0.6) is 0 Å². The summed E-state index contributed by atoms with van der Waals surface area (Å²) in [5.74, 6) is 2.02. The molecule has 1 aromatic heterocycles. The summed E-state index contributed by atoms with van der Waals surface area (Å²) >= 11 is 0. The van der Waals surface area contributed by atoms with E-state index in [1.165, 1.54) is 11.1 Å². The van der Waals surface area contributed by atoms with Crippen molar-refractivity contribution < 1.29 is 4.79 Å². The number of likely N-dealkylation sites (tertiary alicyclic amines) is 1. The molecule has 0 atom stereocenters. The van der Waals surface area contributed by atoms with Crippen LogP contribution in [0.1, 0.15) is 36.8 Å². The number of carbonyl (C=O) groups excluding carboxylic acids is 1. The molecule has 1 N–H and O–H groups in total. The molecule has 182 valence electrons. The molecule has 2 aliphatic heterocycles. The lowest BCUT2D eigenvalue weighted by atomic mass is 9.94. The molecule has 2 aromatic carbocycles. The average molecular weight is 470 g/mol. The fourth-order valence-electron chi connectivity index (χ4n) is 5.22. The molecule has 35 heavy (non-hydrogen) atoms. The molecule has 3 heterocycles. The first kappa shape index (κ1) is 23.5. The van der Waals surface area contributed by atoms with Crippen molar-refractivity contribution in [3.05, 3.63) is 78.0 Å². The van der Waals surface area contributed by atoms with Gasteiger partial charge in [0.2, 0.25) is 5.91 Å². The molecule has 0 radical (unpaired) electrons. The van der Waals surface area contributed by atoms with E-state index in [1.54, 1.807) is 0 Å². The van der Waals surface area contributed by atoms with Crippen molar-refractivity contribution in [1.29, 1.82) is 0 Å². The van der Waals surface area contributed by atoms with E-state index in [0.717, 1.165) is 75.6 Å². The van der Waals surface area contributed by atoms with Crippen LogP contribution in [-0.2, 0) is 11.3 Å². The van der Waals surface area contributed by atoms with Crippen molar-refractivity contribution in [2.45, 2.75) is 45.2 Å². The third kappa shape index (κ3) is 6.06. The number of hydrogen-bond donors (Lipinski definition) is 1. The molecule has 0 saturated carbocycles. The number of piperidine rings is 2. The van der Waals surface area contributed by atoms with E-state index >= 15 is 0 Å². The Morgan fingerprint density at radius 3 is 2.46 bits per heavy atom. The van der Waals surface area contributed by atoms with E-state index < -0.39 is 0 Å². The van der Waals surface area contributed by atoms with Crippen molar-refractivity contribution >= 4 is 11.7 Å². The first-order valence-corrected chi connectivity index (χ1v) is 12.9. The number of rotatable bonds is 6. The predicted molar refractivity (Wildman–Crippen MR) is 140 cm³/mol. The Hall–Kier alpha value is -3.25. The summed E-state index contributed by atoms with van der Waals surface area (Å²) in [7, 11) is 0. The van der Waals surface area contributed by atoms with Gasteiger partial charge in [-0.1, -0.05) is 54.1 Å². The van der Waals surface area contributed by atoms with Gasteiger partial charge in [0.25, 0.3) is 0 Å². The number of nitrogens with zero attached hydrogens (tertiary/aromatic N) is 4. The number of aryl methyl sites for hydroxylation is 1. The lowest BCUT2D eigenvalue weighted by molar-refractivity contribution is -0.126. The van der Waals surface area contributed by atoms with Crippen LogP contribution >= 0.6 is 0 Å². The SMILES string of the molecule is Cc1cccc(-c2nccc(N3CCC(C(=O)NC4CCN(Cc5ccccc5)CC4)CC3)n2)c1. The Labute approximate surface area is 208 Å². The third-order valence-corrected chi connectivity index (χ3v) is 7.29. The van der Waals surface area contributed by atoms with Gasteiger partial charge in [-0.2, -0.15) is 0 Å². The van der Waals surface area contributed by atoms with E-state index in [-0.39, 0.29) is 11.8 Å². The van der Waals surface area contributed by atoms with Gasteiger partial charge in [-0.05, 0) is 50.3 Å². The van der Waals surface area contributed by atoms with Crippen LogP contribution in [0.2, 0.25) is 0 Å². The number of nitrogens with one attached hydrogen (secondary N) is 1. The van der Waals surface area contributed by atoms with Crippen LogP contribution in [0.4, 0.5) is 5.82 Å². The van der Waals surface area contributed by atoms with Gasteiger partial charge in [0.05, 0.1) is 0 Å². The molecular formula is C29H35N5O. The Balaban J connectivity index is 1.09. The second-order valence-corrected chi connectivity index (χ2v) is 9.91. The summed E-state index contributed by atoms with van der Waals surface area (Å²) < 4.78 is 0. The second-order valence-electron chi connectivity index (χ2n) is 9.91. The average Bonchev–Trinajstić information content (AvgIpc) is 2.90. The van der Waals surface area contributed by atoms with Gasteiger partial charge >= 0.3 is 0 Å². The molecule has 6 heteroatoms. The molecule has 0 bridgehead atoms. The van der Waals surface area contributed by atoms with Gasteiger partial charge < -0.3 is 10.2 Å². The molecule has 5 rings (SSSR count). The van der Waals surface area contributed by atoms with Crippen molar-refractivity contribution in [3.63, 3.8) is 0 Å². The number of hydrogen-bond acceptors (Lipinski definition) is 5. The minimum absolute atomic E-state index is 0.0895. The Kier molecular flexibility index (Phi) is 7.38. The molecule has 3 aromatic rings. The topological polar surface area (TPSA) is 61.4 Å². The Morgan fingerprint density at radius 1 is 0.943 bits per heavy atom. The summed E-state index contributed by atoms with van der Waals surface area (Å²) in [5.41, 5.74) is 3.59. The van der Waals surface area contributed by atoms with E-state index in [9.17, 15) is 4.79 Å². The van der Waals surface area contributed by atoms with Crippen molar-refractivity contribution in [2.75, 3.05) is 31.1 Å². The van der Waals surface area contributed by atoms with E-state index in [1.807, 2.05) is 18.3 Å². The summed E-state index contributed by atoms with van der Waals surface area (Å²) in [5, 5.41) is 3.35. The minimum Gasteiger partial charge on any atom is -0.356 e. The van der Waals surface area contributed by atoms with Gasteiger partial charge in [0.15, 0.2) is 5.82 Å². The van der Waals surface area contributed by atoms with Gasteiger partial charge in [0, 0.05) is 56.4 Å². The Bertz CT molecular complexity index is 1120. The van der Waals surface area contributed by atoms with Crippen molar-refractivity contribution in [2.24, 2.45) is 5.92 Å². The van der Waals surface area contributed by atoms with Gasteiger partial charge in [0.1, 0.15) is 5.82 Å². The standard InChI is InChI=1S/C29H35N5O/c1-22-6-5-9-25(20-22)28-30-15-10-27(32-28)34-18-11-24(12-19-34)29(35)31-26-13-16-33(17-14-26)21-23-7-3-2-4-8-23/h2-10,15,20,24,26H,11-14,16-19,21H2,1H3,(H,31,35). The summed E-state index contributed by atoms with van der Waals surface area (Å²) in [4.78, 5) is 27.1. The largest absolute Gasteiger partial charge is 0.356 e. The highest BCUT2D eigenvalue weighted by atomic mass is 16.2. The number of carbonyl (C=O) groups is 1. The zero-order valence-corrected chi connectivity index (χ0v) is 20.6. The number of aromatic nitrogens is 2. The smallest absolute Gasteiger partial charge is 0.223 e. The summed E-state index contributed by atoms with van der Waals surface area (Å²) in [6, 6.07) is 21.2. The van der Waals surface area contributed by atoms with Gasteiger partial charge in [-0.3, -0.25) is 9.69 Å². The molecule has 0 spiro atoms. The number of amides is 1. The van der Waals surface area contributed by atoms with Crippen LogP contribution in [0.15, 0.2) is 66.9 Å². The predicted octanol–water partition coefficient (Wildman–Crippen LogP) is 4.45. The zero-order valence-electron chi connectivity index (χ0n) is 20.6. The molecule has 1 amide bonds. The summed E-state index contributed by atoms with van der Waals surface area (Å²) in [6.45, 7) is 6.84. The molecule has 6 nitrogen and oxygen atoms in total. The molecular weight excluding hydrogens is 434 g/mol. The van der Waals surface area contributed by atoms with Crippen molar-refractivity contribution in [3.8, 4) is 11.4 Å². The quantitative estimate of drug-likeness (QED) is 0.578. The highest BCUT2D eigenvalue weighted by Gasteiger charge is 2.28. The van der Waals surface area contributed by atoms with Crippen LogP contribution in [0.25, 0.3) is 11.4 Å². The van der Waals surface area contributed by atoms with E-state index in [4.69, 9.17) is 4.98 Å². The highest BCUT2D eigenvalue weighted by molar-refractivity contribution is 5.79. The molecule has 2 aliphatic rings. The normalized spacial score (nSPS) is 17.9. The van der Waals surface area contributed by atoms with Crippen LogP contribution in [0, 0.1) is 12.8 Å². The van der Waals surface area contributed by atoms with Crippen LogP contribution in [-0.4, -0.2) is 53.0 Å². The monoisotopic (exact) mass is 469 g/mol. The fraction of sp³-hybridized carbons (Fsp3) is 0.414. The first-order chi connectivity index (χ1) is 17.1. The summed E-state index contributed by atoms with van der Waals surface area (Å²) in [6.07, 6.45) is 5.62. The maximum atomic E-state index is 13.0. The lowest BCUT2D eigenvalue weighted by Gasteiger charge is -2.35. The van der Waals surface area contributed by atoms with Gasteiger partial charge in [-0.25, -0.2) is 9.97 Å². The van der Waals surface area contributed by atoms with Gasteiger partial charge in [-0.15, -0.1) is 0 Å². The van der Waals surface area contributed by atoms with Crippen LogP contribution in [0.3, 0.4) is 0 Å². The van der Waals surface area contributed by atoms with Crippen LogP contribution < -0.4 is 10.2 Å². The number of benzene rings is 2. The lowest BCUT2D eigenvalue weighted by Crippen LogP contribution is -2.48. The van der Waals surface area contributed by atoms with E-state index in [0.29, 0.717) is 6.04 Å². The fourth-order valence-corrected chi connectivity index (χ4v) is 5.22. The number of anilines is 1. The maximum Gasteiger partial charge on any atom is 0.223 e. The van der Waals surface area contributed by atoms with E-state index in [2.05, 4.69) is 75.6 Å². The maximum absolute atomic E-state index is 13.0. The van der Waals surface area contributed by atoms with Crippen molar-refractivity contribution in [1.82, 2.24) is 20.2 Å². The zero-order chi connectivity index (χ0) is 24.0. The molecule has 0 unspecified atom stereocenters. The molecule has 0 aliphatic carbocycles. The highest BCUT2D eigenvalue weighted by Crippen LogP contribution is 2.25. The Morgan fingerprint density at radius 2 is 1.71 bits per heavy atom.